The van der Waals surface area contributed by atoms with Gasteiger partial charge in [-0.2, -0.15) is 0 Å². The van der Waals surface area contributed by atoms with Crippen molar-refractivity contribution in [3.05, 3.63) is 48.0 Å². The van der Waals surface area contributed by atoms with Crippen LogP contribution < -0.4 is 13.8 Å². The van der Waals surface area contributed by atoms with Gasteiger partial charge in [0, 0.05) is 12.6 Å². The van der Waals surface area contributed by atoms with Crippen LogP contribution in [0, 0.1) is 0 Å². The van der Waals surface area contributed by atoms with E-state index in [-0.39, 0.29) is 10.6 Å². The van der Waals surface area contributed by atoms with Gasteiger partial charge in [-0.25, -0.2) is 8.42 Å². The van der Waals surface area contributed by atoms with Gasteiger partial charge in [-0.05, 0) is 30.2 Å². The average molecular weight is 319 g/mol. The highest BCUT2D eigenvalue weighted by Crippen LogP contribution is 2.36. The Morgan fingerprint density at radius 1 is 1.05 bits per heavy atom. The van der Waals surface area contributed by atoms with Gasteiger partial charge in [-0.15, -0.1) is 0 Å². The Kier molecular flexibility index (Phi) is 3.70. The number of nitrogens with zero attached hydrogens (tertiary/aromatic N) is 1. The monoisotopic (exact) mass is 319 g/mol. The second kappa shape index (κ2) is 5.53. The van der Waals surface area contributed by atoms with Crippen LogP contribution >= 0.6 is 0 Å². The number of para-hydroxylation sites is 1. The largest absolute Gasteiger partial charge is 0.497 e. The van der Waals surface area contributed by atoms with E-state index in [0.717, 1.165) is 11.3 Å². The molecule has 0 saturated heterocycles. The molecule has 116 valence electrons. The van der Waals surface area contributed by atoms with E-state index in [1.807, 2.05) is 24.3 Å². The molecule has 1 heterocycles. The molecule has 0 aromatic heterocycles. The van der Waals surface area contributed by atoms with Crippen molar-refractivity contribution in [1.29, 1.82) is 0 Å². The van der Waals surface area contributed by atoms with Crippen LogP contribution in [0.1, 0.15) is 5.56 Å². The van der Waals surface area contributed by atoms with Crippen LogP contribution in [-0.4, -0.2) is 29.2 Å². The van der Waals surface area contributed by atoms with Crippen LogP contribution in [0.4, 0.5) is 5.69 Å². The molecular formula is C16H17NO4S. The third kappa shape index (κ3) is 2.29. The molecule has 2 aromatic carbocycles. The number of ether oxygens (including phenoxy) is 2. The zero-order valence-corrected chi connectivity index (χ0v) is 13.3. The van der Waals surface area contributed by atoms with Gasteiger partial charge in [0.25, 0.3) is 10.0 Å². The highest BCUT2D eigenvalue weighted by Gasteiger charge is 2.32. The van der Waals surface area contributed by atoms with E-state index in [1.54, 1.807) is 12.1 Å². The summed E-state index contributed by atoms with van der Waals surface area (Å²) < 4.78 is 37.8. The number of hydrogen-bond acceptors (Lipinski definition) is 4. The zero-order valence-electron chi connectivity index (χ0n) is 12.4. The van der Waals surface area contributed by atoms with Crippen molar-refractivity contribution in [3.63, 3.8) is 0 Å². The van der Waals surface area contributed by atoms with Crippen LogP contribution in [0.3, 0.4) is 0 Å². The lowest BCUT2D eigenvalue weighted by Crippen LogP contribution is -2.29. The lowest BCUT2D eigenvalue weighted by molar-refractivity contribution is 0.386. The minimum atomic E-state index is -3.67. The molecule has 2 aromatic rings. The predicted octanol–water partition coefficient (Wildman–Crippen LogP) is 2.46. The van der Waals surface area contributed by atoms with Crippen molar-refractivity contribution >= 4 is 15.7 Å². The molecule has 6 heteroatoms. The van der Waals surface area contributed by atoms with Crippen molar-refractivity contribution in [1.82, 2.24) is 0 Å². The fourth-order valence-electron chi connectivity index (χ4n) is 2.66. The topological polar surface area (TPSA) is 55.8 Å². The van der Waals surface area contributed by atoms with E-state index in [4.69, 9.17) is 9.47 Å². The summed E-state index contributed by atoms with van der Waals surface area (Å²) in [6.07, 6.45) is 0.716. The van der Waals surface area contributed by atoms with Crippen molar-refractivity contribution in [2.75, 3.05) is 25.1 Å². The first-order valence-electron chi connectivity index (χ1n) is 6.90. The SMILES string of the molecule is COc1ccc(S(=O)(=O)N2CCc3ccccc32)c(OC)c1. The molecule has 5 nitrogen and oxygen atoms in total. The summed E-state index contributed by atoms with van der Waals surface area (Å²) in [5.41, 5.74) is 1.78. The standard InChI is InChI=1S/C16H17NO4S/c1-20-13-7-8-16(15(11-13)21-2)22(18,19)17-10-9-12-5-3-4-6-14(12)17/h3-8,11H,9-10H2,1-2H3. The third-order valence-corrected chi connectivity index (χ3v) is 5.64. The Morgan fingerprint density at radius 3 is 2.55 bits per heavy atom. The molecule has 0 bridgehead atoms. The van der Waals surface area contributed by atoms with Gasteiger partial charge in [-0.3, -0.25) is 4.31 Å². The first kappa shape index (κ1) is 14.7. The Hall–Kier alpha value is -2.21. The zero-order chi connectivity index (χ0) is 15.7. The van der Waals surface area contributed by atoms with Gasteiger partial charge in [-0.1, -0.05) is 18.2 Å². The second-order valence-electron chi connectivity index (χ2n) is 4.97. The maximum absolute atomic E-state index is 13.0. The summed E-state index contributed by atoms with van der Waals surface area (Å²) in [6, 6.07) is 12.3. The number of methoxy groups -OCH3 is 2. The van der Waals surface area contributed by atoms with Gasteiger partial charge < -0.3 is 9.47 Å². The van der Waals surface area contributed by atoms with Gasteiger partial charge in [0.15, 0.2) is 0 Å². The Balaban J connectivity index is 2.08. The van der Waals surface area contributed by atoms with Crippen LogP contribution in [0.25, 0.3) is 0 Å². The number of anilines is 1. The minimum Gasteiger partial charge on any atom is -0.497 e. The van der Waals surface area contributed by atoms with Crippen molar-refractivity contribution in [3.8, 4) is 11.5 Å². The first-order chi connectivity index (χ1) is 10.6. The number of fused-ring (bicyclic) bond motifs is 1. The molecule has 0 radical (unpaired) electrons. The molecule has 0 atom stereocenters. The maximum atomic E-state index is 13.0. The Bertz CT molecular complexity index is 802. The van der Waals surface area contributed by atoms with Crippen molar-refractivity contribution in [2.24, 2.45) is 0 Å². The lowest BCUT2D eigenvalue weighted by Gasteiger charge is -2.21. The molecule has 22 heavy (non-hydrogen) atoms. The lowest BCUT2D eigenvalue weighted by atomic mass is 10.2. The highest BCUT2D eigenvalue weighted by molar-refractivity contribution is 7.93. The predicted molar refractivity (Wildman–Crippen MR) is 84.2 cm³/mol. The molecular weight excluding hydrogens is 302 g/mol. The molecule has 1 aliphatic heterocycles. The molecule has 0 amide bonds. The smallest absolute Gasteiger partial charge is 0.268 e. The van der Waals surface area contributed by atoms with E-state index in [2.05, 4.69) is 0 Å². The van der Waals surface area contributed by atoms with Crippen LogP contribution in [-0.2, 0) is 16.4 Å². The molecule has 0 saturated carbocycles. The molecule has 0 aliphatic carbocycles. The Morgan fingerprint density at radius 2 is 1.82 bits per heavy atom. The molecule has 0 N–H and O–H groups in total. The molecule has 1 aliphatic rings. The fourth-order valence-corrected chi connectivity index (χ4v) is 4.31. The maximum Gasteiger partial charge on any atom is 0.268 e. The molecule has 3 rings (SSSR count). The van der Waals surface area contributed by atoms with E-state index >= 15 is 0 Å². The van der Waals surface area contributed by atoms with E-state index in [0.29, 0.717) is 18.7 Å². The normalized spacial score (nSPS) is 13.8. The number of hydrogen-bond donors (Lipinski definition) is 0. The van der Waals surface area contributed by atoms with Gasteiger partial charge in [0.05, 0.1) is 19.9 Å². The van der Waals surface area contributed by atoms with E-state index in [1.165, 1.54) is 24.6 Å². The summed E-state index contributed by atoms with van der Waals surface area (Å²) >= 11 is 0. The molecule has 0 fully saturated rings. The minimum absolute atomic E-state index is 0.146. The van der Waals surface area contributed by atoms with Gasteiger partial charge in [0.2, 0.25) is 0 Å². The summed E-state index contributed by atoms with van der Waals surface area (Å²) in [4.78, 5) is 0.146. The van der Waals surface area contributed by atoms with Crippen molar-refractivity contribution < 1.29 is 17.9 Å². The van der Waals surface area contributed by atoms with E-state index in [9.17, 15) is 8.42 Å². The van der Waals surface area contributed by atoms with Gasteiger partial charge in [0.1, 0.15) is 16.4 Å². The van der Waals surface area contributed by atoms with Crippen molar-refractivity contribution in [2.45, 2.75) is 11.3 Å². The molecule has 0 unspecified atom stereocenters. The number of rotatable bonds is 4. The van der Waals surface area contributed by atoms with Crippen LogP contribution in [0.5, 0.6) is 11.5 Å². The quantitative estimate of drug-likeness (QED) is 0.868. The average Bonchev–Trinajstić information content (AvgIpc) is 2.99. The second-order valence-corrected chi connectivity index (χ2v) is 6.80. The fraction of sp³-hybridized carbons (Fsp3) is 0.250. The molecule has 0 spiro atoms. The Labute approximate surface area is 130 Å². The highest BCUT2D eigenvalue weighted by atomic mass is 32.2. The van der Waals surface area contributed by atoms with Gasteiger partial charge >= 0.3 is 0 Å². The van der Waals surface area contributed by atoms with Crippen LogP contribution in [0.2, 0.25) is 0 Å². The summed E-state index contributed by atoms with van der Waals surface area (Å²) in [5, 5.41) is 0. The van der Waals surface area contributed by atoms with E-state index < -0.39 is 10.0 Å². The third-order valence-electron chi connectivity index (χ3n) is 3.78. The number of benzene rings is 2. The summed E-state index contributed by atoms with van der Waals surface area (Å²) in [6.45, 7) is 0.441. The summed E-state index contributed by atoms with van der Waals surface area (Å²) in [5.74, 6) is 0.835. The van der Waals surface area contributed by atoms with Crippen LogP contribution in [0.15, 0.2) is 47.4 Å². The first-order valence-corrected chi connectivity index (χ1v) is 8.34. The number of sulfonamides is 1. The summed E-state index contributed by atoms with van der Waals surface area (Å²) in [7, 11) is -0.689.